The molecular weight excluding hydrogens is 424 g/mol. The first-order valence-electron chi connectivity index (χ1n) is 11.1. The van der Waals surface area contributed by atoms with Crippen LogP contribution in [-0.4, -0.2) is 94.2 Å². The Morgan fingerprint density at radius 2 is 1.88 bits per heavy atom. The van der Waals surface area contributed by atoms with Gasteiger partial charge in [0.05, 0.1) is 37.1 Å². The molecule has 32 heavy (non-hydrogen) atoms. The molecule has 0 atom stereocenters. The molecule has 0 amide bonds. The van der Waals surface area contributed by atoms with Gasteiger partial charge in [0, 0.05) is 44.8 Å². The first kappa shape index (κ1) is 20.0. The van der Waals surface area contributed by atoms with Crippen LogP contribution in [0.25, 0.3) is 32.8 Å². The lowest BCUT2D eigenvalue weighted by Gasteiger charge is -2.31. The zero-order valence-electron chi connectivity index (χ0n) is 18.1. The van der Waals surface area contributed by atoms with E-state index in [0.29, 0.717) is 19.0 Å². The van der Waals surface area contributed by atoms with Crippen molar-refractivity contribution in [2.75, 3.05) is 64.4 Å². The number of hydrogen-bond acceptors (Lipinski definition) is 9. The van der Waals surface area contributed by atoms with Crippen molar-refractivity contribution in [1.82, 2.24) is 34.7 Å². The van der Waals surface area contributed by atoms with E-state index in [-0.39, 0.29) is 0 Å². The normalized spacial score (nSPS) is 18.7. The molecule has 2 saturated heterocycles. The van der Waals surface area contributed by atoms with E-state index < -0.39 is 0 Å². The Hall–Kier alpha value is -2.66. The maximum atomic E-state index is 5.58. The third-order valence-corrected chi connectivity index (χ3v) is 7.25. The third-order valence-electron chi connectivity index (χ3n) is 6.23. The predicted octanol–water partition coefficient (Wildman–Crippen LogP) is 2.21. The summed E-state index contributed by atoms with van der Waals surface area (Å²) in [5.41, 5.74) is 3.65. The van der Waals surface area contributed by atoms with Gasteiger partial charge >= 0.3 is 0 Å². The van der Waals surface area contributed by atoms with Gasteiger partial charge in [-0.2, -0.15) is 0 Å². The zero-order valence-corrected chi connectivity index (χ0v) is 18.9. The number of benzene rings is 1. The average Bonchev–Trinajstić information content (AvgIpc) is 3.46. The van der Waals surface area contributed by atoms with Crippen LogP contribution in [-0.2, 0) is 11.3 Å². The number of aromatic nitrogens is 5. The number of H-pyrrole nitrogens is 1. The predicted molar refractivity (Wildman–Crippen MR) is 126 cm³/mol. The SMILES string of the molecule is CN1CCN(Cc2nc3nc(-c4ccc5[nH]cnc5c4)nc(N4CCOCC4)c3s2)CC1. The number of hydrogen-bond donors (Lipinski definition) is 1. The van der Waals surface area contributed by atoms with Gasteiger partial charge in [0.15, 0.2) is 17.3 Å². The number of morpholine rings is 1. The van der Waals surface area contributed by atoms with Crippen molar-refractivity contribution in [3.63, 3.8) is 0 Å². The van der Waals surface area contributed by atoms with Gasteiger partial charge in [0.2, 0.25) is 0 Å². The largest absolute Gasteiger partial charge is 0.378 e. The number of nitrogens with zero attached hydrogens (tertiary/aromatic N) is 7. The van der Waals surface area contributed by atoms with Gasteiger partial charge in [-0.05, 0) is 25.2 Å². The Kier molecular flexibility index (Phi) is 5.22. The van der Waals surface area contributed by atoms with E-state index in [9.17, 15) is 0 Å². The lowest BCUT2D eigenvalue weighted by atomic mass is 10.2. The molecule has 9 nitrogen and oxygen atoms in total. The Labute approximate surface area is 190 Å². The van der Waals surface area contributed by atoms with Crippen LogP contribution in [0.4, 0.5) is 5.82 Å². The van der Waals surface area contributed by atoms with E-state index in [1.165, 1.54) is 0 Å². The number of aromatic amines is 1. The minimum atomic E-state index is 0.695. The fourth-order valence-electron chi connectivity index (χ4n) is 4.31. The molecule has 0 radical (unpaired) electrons. The Morgan fingerprint density at radius 3 is 2.72 bits per heavy atom. The summed E-state index contributed by atoms with van der Waals surface area (Å²) >= 11 is 1.73. The van der Waals surface area contributed by atoms with Crippen LogP contribution in [0.2, 0.25) is 0 Å². The maximum absolute atomic E-state index is 5.58. The van der Waals surface area contributed by atoms with Crippen molar-refractivity contribution < 1.29 is 4.74 Å². The molecule has 2 aliphatic rings. The third kappa shape index (κ3) is 3.83. The number of likely N-dealkylation sites (N-methyl/N-ethyl adjacent to an activating group) is 1. The summed E-state index contributed by atoms with van der Waals surface area (Å²) in [7, 11) is 2.18. The van der Waals surface area contributed by atoms with Gasteiger partial charge in [-0.15, -0.1) is 11.3 Å². The summed E-state index contributed by atoms with van der Waals surface area (Å²) in [5, 5.41) is 1.10. The Morgan fingerprint density at radius 1 is 1.03 bits per heavy atom. The summed E-state index contributed by atoms with van der Waals surface area (Å²) in [6, 6.07) is 6.11. The van der Waals surface area contributed by atoms with E-state index >= 15 is 0 Å². The molecule has 1 aromatic carbocycles. The molecular formula is C22H26N8OS. The highest BCUT2D eigenvalue weighted by Gasteiger charge is 2.22. The number of rotatable bonds is 4. The molecule has 1 N–H and O–H groups in total. The first-order chi connectivity index (χ1) is 15.7. The van der Waals surface area contributed by atoms with E-state index in [2.05, 4.69) is 31.7 Å². The van der Waals surface area contributed by atoms with Gasteiger partial charge in [-0.25, -0.2) is 19.9 Å². The van der Waals surface area contributed by atoms with Crippen LogP contribution in [0.5, 0.6) is 0 Å². The first-order valence-corrected chi connectivity index (χ1v) is 11.9. The molecule has 0 bridgehead atoms. The quantitative estimate of drug-likeness (QED) is 0.507. The molecule has 2 fully saturated rings. The number of piperazine rings is 1. The van der Waals surface area contributed by atoms with E-state index in [4.69, 9.17) is 19.7 Å². The fourth-order valence-corrected chi connectivity index (χ4v) is 5.37. The number of anilines is 1. The van der Waals surface area contributed by atoms with E-state index in [1.807, 2.05) is 18.2 Å². The van der Waals surface area contributed by atoms with Crippen molar-refractivity contribution >= 4 is 38.5 Å². The molecule has 0 spiro atoms. The highest BCUT2D eigenvalue weighted by Crippen LogP contribution is 2.33. The minimum absolute atomic E-state index is 0.695. The summed E-state index contributed by atoms with van der Waals surface area (Å²) in [6.45, 7) is 8.30. The van der Waals surface area contributed by atoms with Crippen LogP contribution in [0.3, 0.4) is 0 Å². The molecule has 6 rings (SSSR count). The molecule has 5 heterocycles. The topological polar surface area (TPSA) is 86.3 Å². The number of thiazole rings is 1. The second-order valence-corrected chi connectivity index (χ2v) is 9.53. The molecule has 2 aliphatic heterocycles. The monoisotopic (exact) mass is 450 g/mol. The second-order valence-electron chi connectivity index (χ2n) is 8.44. The number of fused-ring (bicyclic) bond motifs is 2. The molecule has 0 saturated carbocycles. The van der Waals surface area contributed by atoms with Gasteiger partial charge in [-0.3, -0.25) is 4.90 Å². The molecule has 0 unspecified atom stereocenters. The highest BCUT2D eigenvalue weighted by molar-refractivity contribution is 7.19. The number of imidazole rings is 1. The average molecular weight is 451 g/mol. The van der Waals surface area contributed by atoms with Crippen LogP contribution in [0.15, 0.2) is 24.5 Å². The maximum Gasteiger partial charge on any atom is 0.176 e. The summed E-state index contributed by atoms with van der Waals surface area (Å²) in [6.07, 6.45) is 1.71. The molecule has 3 aromatic heterocycles. The molecule has 10 heteroatoms. The lowest BCUT2D eigenvalue weighted by Crippen LogP contribution is -2.43. The van der Waals surface area contributed by atoms with E-state index in [0.717, 1.165) is 83.6 Å². The summed E-state index contributed by atoms with van der Waals surface area (Å²) < 4.78 is 6.65. The highest BCUT2D eigenvalue weighted by atomic mass is 32.1. The van der Waals surface area contributed by atoms with Crippen molar-refractivity contribution in [3.05, 3.63) is 29.5 Å². The molecule has 4 aromatic rings. The zero-order chi connectivity index (χ0) is 21.5. The van der Waals surface area contributed by atoms with Crippen LogP contribution in [0, 0.1) is 0 Å². The van der Waals surface area contributed by atoms with Crippen molar-refractivity contribution in [1.29, 1.82) is 0 Å². The van der Waals surface area contributed by atoms with Crippen molar-refractivity contribution in [2.24, 2.45) is 0 Å². The van der Waals surface area contributed by atoms with Crippen LogP contribution >= 0.6 is 11.3 Å². The van der Waals surface area contributed by atoms with Crippen molar-refractivity contribution in [3.8, 4) is 11.4 Å². The summed E-state index contributed by atoms with van der Waals surface area (Å²) in [4.78, 5) is 29.6. The molecule has 0 aliphatic carbocycles. The standard InChI is InChI=1S/C22H26N8OS/c1-28-4-6-29(7-5-28)13-18-25-21-19(32-18)22(30-8-10-31-11-9-30)27-20(26-21)15-2-3-16-17(12-15)24-14-23-16/h2-3,12,14H,4-11,13H2,1H3,(H,23,24). The van der Waals surface area contributed by atoms with Gasteiger partial charge < -0.3 is 19.5 Å². The number of nitrogens with one attached hydrogen (secondary N) is 1. The second kappa shape index (κ2) is 8.36. The van der Waals surface area contributed by atoms with Crippen LogP contribution < -0.4 is 4.90 Å². The lowest BCUT2D eigenvalue weighted by molar-refractivity contribution is 0.122. The van der Waals surface area contributed by atoms with Crippen molar-refractivity contribution in [2.45, 2.75) is 6.54 Å². The minimum Gasteiger partial charge on any atom is -0.378 e. The Bertz CT molecular complexity index is 1240. The Balaban J connectivity index is 1.40. The van der Waals surface area contributed by atoms with Crippen LogP contribution in [0.1, 0.15) is 5.01 Å². The van der Waals surface area contributed by atoms with Gasteiger partial charge in [0.1, 0.15) is 9.71 Å². The van der Waals surface area contributed by atoms with Gasteiger partial charge in [0.25, 0.3) is 0 Å². The summed E-state index contributed by atoms with van der Waals surface area (Å²) in [5.74, 6) is 1.66. The molecule has 166 valence electrons. The van der Waals surface area contributed by atoms with E-state index in [1.54, 1.807) is 17.7 Å². The van der Waals surface area contributed by atoms with Gasteiger partial charge in [-0.1, -0.05) is 0 Å². The smallest absolute Gasteiger partial charge is 0.176 e. The number of ether oxygens (including phenoxy) is 1. The fraction of sp³-hybridized carbons (Fsp3) is 0.455.